The Bertz CT molecular complexity index is 796. The number of hydrogen-bond donors (Lipinski definition) is 1. The summed E-state index contributed by atoms with van der Waals surface area (Å²) < 4.78 is 5.19. The van der Waals surface area contributed by atoms with Crippen LogP contribution in [0.3, 0.4) is 0 Å². The van der Waals surface area contributed by atoms with Crippen molar-refractivity contribution in [2.75, 3.05) is 12.8 Å². The molecular weight excluding hydrogens is 300 g/mol. The Labute approximate surface area is 130 Å². The maximum absolute atomic E-state index is 9.25. The van der Waals surface area contributed by atoms with Gasteiger partial charge in [-0.05, 0) is 41.3 Å². The molecule has 3 rings (SSSR count). The highest BCUT2D eigenvalue weighted by Crippen LogP contribution is 2.46. The van der Waals surface area contributed by atoms with E-state index in [1.54, 1.807) is 18.4 Å². The second-order valence-corrected chi connectivity index (χ2v) is 6.33. The Morgan fingerprint density at radius 1 is 1.19 bits per heavy atom. The molecule has 2 heterocycles. The summed E-state index contributed by atoms with van der Waals surface area (Å²) in [5.41, 5.74) is 8.73. The highest BCUT2D eigenvalue weighted by Gasteiger charge is 2.19. The summed E-state index contributed by atoms with van der Waals surface area (Å²) in [4.78, 5) is 2.66. The molecule has 104 valence electrons. The lowest BCUT2D eigenvalue weighted by Crippen LogP contribution is -1.88. The van der Waals surface area contributed by atoms with Crippen LogP contribution in [0, 0.1) is 11.3 Å². The van der Waals surface area contributed by atoms with Gasteiger partial charge in [0.05, 0.1) is 12.8 Å². The van der Waals surface area contributed by atoms with E-state index >= 15 is 0 Å². The first-order chi connectivity index (χ1) is 10.2. The van der Waals surface area contributed by atoms with E-state index in [0.717, 1.165) is 26.6 Å². The number of nitrogens with two attached hydrogens (primary N) is 1. The van der Waals surface area contributed by atoms with Crippen molar-refractivity contribution in [3.05, 3.63) is 46.7 Å². The fourth-order valence-corrected chi connectivity index (χ4v) is 4.03. The van der Waals surface area contributed by atoms with Crippen LogP contribution in [-0.2, 0) is 0 Å². The van der Waals surface area contributed by atoms with Crippen LogP contribution < -0.4 is 10.5 Å². The van der Waals surface area contributed by atoms with Gasteiger partial charge in [-0.2, -0.15) is 5.26 Å². The first kappa shape index (κ1) is 13.7. The Morgan fingerprint density at radius 3 is 2.52 bits per heavy atom. The van der Waals surface area contributed by atoms with E-state index in [1.165, 1.54) is 11.3 Å². The van der Waals surface area contributed by atoms with E-state index in [-0.39, 0.29) is 0 Å². The summed E-state index contributed by atoms with van der Waals surface area (Å²) in [6.45, 7) is 0. The number of hydrogen-bond acceptors (Lipinski definition) is 5. The summed E-state index contributed by atoms with van der Waals surface area (Å²) >= 11 is 3.05. The van der Waals surface area contributed by atoms with Crippen molar-refractivity contribution in [2.24, 2.45) is 0 Å². The van der Waals surface area contributed by atoms with E-state index in [1.807, 2.05) is 41.8 Å². The van der Waals surface area contributed by atoms with Gasteiger partial charge in [0.2, 0.25) is 0 Å². The molecule has 2 N–H and O–H groups in total. The van der Waals surface area contributed by atoms with Crippen molar-refractivity contribution in [3.8, 4) is 32.7 Å². The lowest BCUT2D eigenvalue weighted by atomic mass is 10.1. The van der Waals surface area contributed by atoms with Crippen molar-refractivity contribution in [2.45, 2.75) is 0 Å². The quantitative estimate of drug-likeness (QED) is 0.768. The predicted molar refractivity (Wildman–Crippen MR) is 88.7 cm³/mol. The van der Waals surface area contributed by atoms with Gasteiger partial charge in [-0.15, -0.1) is 22.7 Å². The van der Waals surface area contributed by atoms with Crippen LogP contribution in [0.15, 0.2) is 41.8 Å². The summed E-state index contributed by atoms with van der Waals surface area (Å²) in [6.07, 6.45) is 0. The van der Waals surface area contributed by atoms with Gasteiger partial charge in [-0.1, -0.05) is 6.07 Å². The first-order valence-corrected chi connectivity index (χ1v) is 7.95. The third kappa shape index (κ3) is 2.40. The molecule has 3 aromatic rings. The molecule has 0 atom stereocenters. The van der Waals surface area contributed by atoms with Gasteiger partial charge in [-0.25, -0.2) is 0 Å². The molecule has 0 aliphatic heterocycles. The second kappa shape index (κ2) is 5.60. The van der Waals surface area contributed by atoms with Crippen LogP contribution in [0.2, 0.25) is 0 Å². The van der Waals surface area contributed by atoms with Crippen LogP contribution in [-0.4, -0.2) is 7.11 Å². The number of anilines is 1. The van der Waals surface area contributed by atoms with Gasteiger partial charge in [0, 0.05) is 15.3 Å². The largest absolute Gasteiger partial charge is 0.497 e. The van der Waals surface area contributed by atoms with Crippen LogP contribution in [0.1, 0.15) is 4.88 Å². The lowest BCUT2D eigenvalue weighted by molar-refractivity contribution is 0.415. The molecule has 0 unspecified atom stereocenters. The number of nitriles is 1. The van der Waals surface area contributed by atoms with Crippen molar-refractivity contribution in [1.29, 1.82) is 5.26 Å². The fourth-order valence-electron chi connectivity index (χ4n) is 2.14. The van der Waals surface area contributed by atoms with Crippen molar-refractivity contribution in [3.63, 3.8) is 0 Å². The molecule has 2 aromatic heterocycles. The van der Waals surface area contributed by atoms with Gasteiger partial charge in [-0.3, -0.25) is 0 Å². The summed E-state index contributed by atoms with van der Waals surface area (Å²) in [5, 5.41) is 11.3. The third-order valence-electron chi connectivity index (χ3n) is 3.17. The minimum absolute atomic E-state index is 0.559. The molecule has 0 saturated carbocycles. The topological polar surface area (TPSA) is 59.0 Å². The Kier molecular flexibility index (Phi) is 3.65. The molecule has 0 amide bonds. The average Bonchev–Trinajstić information content (AvgIpc) is 3.14. The summed E-state index contributed by atoms with van der Waals surface area (Å²) in [5.74, 6) is 0.807. The van der Waals surface area contributed by atoms with Crippen molar-refractivity contribution in [1.82, 2.24) is 0 Å². The second-order valence-electron chi connectivity index (χ2n) is 4.37. The SMILES string of the molecule is COc1ccc(-c2sc(C#N)c(N)c2-c2cccs2)cc1. The summed E-state index contributed by atoms with van der Waals surface area (Å²) in [7, 11) is 1.64. The molecule has 1 aromatic carbocycles. The van der Waals surface area contributed by atoms with Gasteiger partial charge in [0.25, 0.3) is 0 Å². The predicted octanol–water partition coefficient (Wildman–Crippen LogP) is 4.61. The fraction of sp³-hybridized carbons (Fsp3) is 0.0625. The molecule has 0 aliphatic rings. The number of thiophene rings is 2. The number of nitrogens with zero attached hydrogens (tertiary/aromatic N) is 1. The zero-order valence-corrected chi connectivity index (χ0v) is 12.9. The molecule has 0 bridgehead atoms. The Hall–Kier alpha value is -2.29. The number of nitrogen functional groups attached to an aromatic ring is 1. The molecular formula is C16H12N2OS2. The number of ether oxygens (including phenoxy) is 1. The van der Waals surface area contributed by atoms with Crippen LogP contribution in [0.25, 0.3) is 20.9 Å². The van der Waals surface area contributed by atoms with Crippen LogP contribution in [0.4, 0.5) is 5.69 Å². The van der Waals surface area contributed by atoms with E-state index in [0.29, 0.717) is 10.6 Å². The number of benzene rings is 1. The average molecular weight is 312 g/mol. The van der Waals surface area contributed by atoms with E-state index in [2.05, 4.69) is 6.07 Å². The highest BCUT2D eigenvalue weighted by atomic mass is 32.1. The van der Waals surface area contributed by atoms with E-state index < -0.39 is 0 Å². The molecule has 0 spiro atoms. The molecule has 0 radical (unpaired) electrons. The molecule has 0 fully saturated rings. The Morgan fingerprint density at radius 2 is 1.95 bits per heavy atom. The normalized spacial score (nSPS) is 10.3. The molecule has 0 aliphatic carbocycles. The highest BCUT2D eigenvalue weighted by molar-refractivity contribution is 7.18. The zero-order valence-electron chi connectivity index (χ0n) is 11.3. The molecule has 3 nitrogen and oxygen atoms in total. The minimum atomic E-state index is 0.559. The zero-order chi connectivity index (χ0) is 14.8. The first-order valence-electron chi connectivity index (χ1n) is 6.25. The number of rotatable bonds is 3. The van der Waals surface area contributed by atoms with Gasteiger partial charge in [0.15, 0.2) is 0 Å². The minimum Gasteiger partial charge on any atom is -0.497 e. The van der Waals surface area contributed by atoms with Crippen molar-refractivity contribution >= 4 is 28.4 Å². The van der Waals surface area contributed by atoms with E-state index in [9.17, 15) is 5.26 Å². The standard InChI is InChI=1S/C16H12N2OS2/c1-19-11-6-4-10(5-7-11)16-14(12-3-2-8-20-12)15(18)13(9-17)21-16/h2-8H,18H2,1H3. The monoisotopic (exact) mass is 312 g/mol. The van der Waals surface area contributed by atoms with E-state index in [4.69, 9.17) is 10.5 Å². The van der Waals surface area contributed by atoms with Crippen LogP contribution >= 0.6 is 22.7 Å². The number of methoxy groups -OCH3 is 1. The van der Waals surface area contributed by atoms with Crippen LogP contribution in [0.5, 0.6) is 5.75 Å². The van der Waals surface area contributed by atoms with Gasteiger partial charge < -0.3 is 10.5 Å². The molecule has 0 saturated heterocycles. The lowest BCUT2D eigenvalue weighted by Gasteiger charge is -2.05. The molecule has 21 heavy (non-hydrogen) atoms. The van der Waals surface area contributed by atoms with Gasteiger partial charge in [0.1, 0.15) is 16.7 Å². The maximum atomic E-state index is 9.25. The van der Waals surface area contributed by atoms with Crippen molar-refractivity contribution < 1.29 is 4.74 Å². The smallest absolute Gasteiger partial charge is 0.129 e. The maximum Gasteiger partial charge on any atom is 0.129 e. The molecule has 5 heteroatoms. The third-order valence-corrected chi connectivity index (χ3v) is 5.21. The Balaban J connectivity index is 2.19. The summed E-state index contributed by atoms with van der Waals surface area (Å²) in [6, 6.07) is 14.0. The van der Waals surface area contributed by atoms with Gasteiger partial charge >= 0.3 is 0 Å².